The molecule has 0 aliphatic heterocycles. The molecule has 0 fully saturated rings. The summed E-state index contributed by atoms with van der Waals surface area (Å²) in [4.78, 5) is 11.2. The highest BCUT2D eigenvalue weighted by Crippen LogP contribution is 2.31. The molecule has 2 rings (SSSR count). The van der Waals surface area contributed by atoms with E-state index in [-0.39, 0.29) is 17.7 Å². The lowest BCUT2D eigenvalue weighted by Crippen LogP contribution is -2.07. The maximum absolute atomic E-state index is 12.9. The van der Waals surface area contributed by atoms with Gasteiger partial charge in [0.1, 0.15) is 11.3 Å². The van der Waals surface area contributed by atoms with Crippen LogP contribution in [0.25, 0.3) is 0 Å². The molecule has 9 heteroatoms. The van der Waals surface area contributed by atoms with E-state index in [9.17, 15) is 26.7 Å². The van der Waals surface area contributed by atoms with Gasteiger partial charge in [0.05, 0.1) is 11.3 Å². The fourth-order valence-electron chi connectivity index (χ4n) is 2.25. The summed E-state index contributed by atoms with van der Waals surface area (Å²) in [7, 11) is 1.16. The summed E-state index contributed by atoms with van der Waals surface area (Å²) in [5, 5.41) is 12.8. The second-order valence-corrected chi connectivity index (χ2v) is 4.81. The maximum Gasteiger partial charge on any atom is 0.416 e. The van der Waals surface area contributed by atoms with Gasteiger partial charge in [-0.3, -0.25) is 4.68 Å². The zero-order valence-electron chi connectivity index (χ0n) is 11.7. The molecule has 23 heavy (non-hydrogen) atoms. The maximum atomic E-state index is 12.9. The van der Waals surface area contributed by atoms with Crippen LogP contribution in [0.5, 0.6) is 0 Å². The second-order valence-electron chi connectivity index (χ2n) is 4.81. The smallest absolute Gasteiger partial charge is 0.416 e. The van der Waals surface area contributed by atoms with Crippen molar-refractivity contribution in [3.05, 3.63) is 52.3 Å². The summed E-state index contributed by atoms with van der Waals surface area (Å²) in [6.07, 6.45) is -7.91. The van der Waals surface area contributed by atoms with Crippen LogP contribution in [0.2, 0.25) is 0 Å². The molecule has 0 aliphatic carbocycles. The zero-order chi connectivity index (χ0) is 17.4. The molecular weight excluding hydrogens is 323 g/mol. The van der Waals surface area contributed by atoms with E-state index in [0.717, 1.165) is 29.9 Å². The molecule has 0 bridgehead atoms. The molecule has 4 nitrogen and oxygen atoms in total. The Morgan fingerprint density at radius 2 is 2.00 bits per heavy atom. The van der Waals surface area contributed by atoms with Crippen molar-refractivity contribution in [2.75, 3.05) is 0 Å². The van der Waals surface area contributed by atoms with Crippen LogP contribution in [0, 0.1) is 0 Å². The van der Waals surface area contributed by atoms with Crippen molar-refractivity contribution < 1.29 is 31.9 Å². The fraction of sp³-hybridized carbons (Fsp3) is 0.286. The Morgan fingerprint density at radius 3 is 2.52 bits per heavy atom. The number of carbonyl (C=O) groups is 1. The van der Waals surface area contributed by atoms with Gasteiger partial charge in [0.2, 0.25) is 0 Å². The number of carboxylic acid groups (broad SMARTS) is 1. The predicted molar refractivity (Wildman–Crippen MR) is 69.4 cm³/mol. The van der Waals surface area contributed by atoms with Crippen LogP contribution in [0.15, 0.2) is 24.3 Å². The molecule has 1 heterocycles. The molecule has 1 aromatic heterocycles. The van der Waals surface area contributed by atoms with Gasteiger partial charge in [0.25, 0.3) is 6.43 Å². The fourth-order valence-corrected chi connectivity index (χ4v) is 2.25. The Kier molecular flexibility index (Phi) is 4.39. The minimum Gasteiger partial charge on any atom is -0.478 e. The van der Waals surface area contributed by atoms with Crippen LogP contribution >= 0.6 is 0 Å². The number of benzene rings is 1. The molecule has 1 aromatic carbocycles. The number of nitrogens with zero attached hydrogens (tertiary/aromatic N) is 2. The first-order valence-corrected chi connectivity index (χ1v) is 6.34. The Balaban J connectivity index is 2.45. The zero-order valence-corrected chi connectivity index (χ0v) is 11.7. The van der Waals surface area contributed by atoms with Crippen molar-refractivity contribution in [3.63, 3.8) is 0 Å². The first-order valence-electron chi connectivity index (χ1n) is 6.34. The van der Waals surface area contributed by atoms with E-state index in [1.165, 1.54) is 6.07 Å². The molecule has 0 saturated heterocycles. The number of aryl methyl sites for hydroxylation is 1. The number of carboxylic acids is 1. The molecule has 0 unspecified atom stereocenters. The van der Waals surface area contributed by atoms with E-state index in [1.54, 1.807) is 0 Å². The monoisotopic (exact) mass is 334 g/mol. The van der Waals surface area contributed by atoms with Crippen LogP contribution in [0.4, 0.5) is 22.0 Å². The summed E-state index contributed by atoms with van der Waals surface area (Å²) >= 11 is 0. The van der Waals surface area contributed by atoms with Crippen LogP contribution in [-0.2, 0) is 19.6 Å². The van der Waals surface area contributed by atoms with Gasteiger partial charge in [-0.05, 0) is 11.6 Å². The van der Waals surface area contributed by atoms with Crippen LogP contribution in [0.1, 0.15) is 39.3 Å². The number of rotatable bonds is 4. The lowest BCUT2D eigenvalue weighted by Gasteiger charge is -2.08. The number of hydrogen-bond acceptors (Lipinski definition) is 2. The van der Waals surface area contributed by atoms with Crippen molar-refractivity contribution in [2.45, 2.75) is 19.0 Å². The highest BCUT2D eigenvalue weighted by atomic mass is 19.4. The minimum absolute atomic E-state index is 0.126. The average Bonchev–Trinajstić information content (AvgIpc) is 2.74. The van der Waals surface area contributed by atoms with Gasteiger partial charge in [0.15, 0.2) is 0 Å². The van der Waals surface area contributed by atoms with Gasteiger partial charge in [-0.1, -0.05) is 18.2 Å². The van der Waals surface area contributed by atoms with E-state index < -0.39 is 35.4 Å². The van der Waals surface area contributed by atoms with Gasteiger partial charge >= 0.3 is 12.1 Å². The highest BCUT2D eigenvalue weighted by Gasteiger charge is 2.31. The third kappa shape index (κ3) is 3.49. The Labute approximate surface area is 127 Å². The Bertz CT molecular complexity index is 737. The molecular formula is C14H11F5N2O2. The molecule has 0 saturated carbocycles. The second kappa shape index (κ2) is 5.98. The van der Waals surface area contributed by atoms with Gasteiger partial charge < -0.3 is 5.11 Å². The van der Waals surface area contributed by atoms with Crippen LogP contribution in [-0.4, -0.2) is 20.9 Å². The van der Waals surface area contributed by atoms with Crippen LogP contribution < -0.4 is 0 Å². The van der Waals surface area contributed by atoms with Crippen molar-refractivity contribution in [1.29, 1.82) is 0 Å². The normalized spacial score (nSPS) is 12.0. The summed E-state index contributed by atoms with van der Waals surface area (Å²) in [6.45, 7) is 0. The van der Waals surface area contributed by atoms with E-state index in [0.29, 0.717) is 0 Å². The molecule has 0 spiro atoms. The van der Waals surface area contributed by atoms with Gasteiger partial charge in [-0.25, -0.2) is 13.6 Å². The van der Waals surface area contributed by atoms with Crippen molar-refractivity contribution in [2.24, 2.45) is 7.05 Å². The standard InChI is InChI=1S/C14H11F5N2O2/c1-21-11(12(15)16)10(13(22)23)9(20-21)6-7-3-2-4-8(5-7)14(17,18)19/h2-5,12H,6H2,1H3,(H,22,23). The molecule has 0 atom stereocenters. The number of halogens is 5. The summed E-state index contributed by atoms with van der Waals surface area (Å²) in [5.41, 5.74) is -2.45. The topological polar surface area (TPSA) is 55.1 Å². The number of aromatic nitrogens is 2. The first kappa shape index (κ1) is 16.9. The molecule has 2 aromatic rings. The Hall–Kier alpha value is -2.45. The van der Waals surface area contributed by atoms with E-state index in [1.807, 2.05) is 0 Å². The molecule has 124 valence electrons. The lowest BCUT2D eigenvalue weighted by molar-refractivity contribution is -0.137. The van der Waals surface area contributed by atoms with Crippen molar-refractivity contribution in [3.8, 4) is 0 Å². The molecule has 0 radical (unpaired) electrons. The number of alkyl halides is 5. The van der Waals surface area contributed by atoms with Crippen molar-refractivity contribution in [1.82, 2.24) is 9.78 Å². The third-order valence-electron chi connectivity index (χ3n) is 3.21. The third-order valence-corrected chi connectivity index (χ3v) is 3.21. The number of aromatic carboxylic acids is 1. The van der Waals surface area contributed by atoms with E-state index in [4.69, 9.17) is 5.11 Å². The molecule has 0 amide bonds. The summed E-state index contributed by atoms with van der Waals surface area (Å²) in [5.74, 6) is -1.60. The average molecular weight is 334 g/mol. The summed E-state index contributed by atoms with van der Waals surface area (Å²) < 4.78 is 64.7. The lowest BCUT2D eigenvalue weighted by atomic mass is 10.0. The SMILES string of the molecule is Cn1nc(Cc2cccc(C(F)(F)F)c2)c(C(=O)O)c1C(F)F. The molecule has 0 aliphatic rings. The van der Waals surface area contributed by atoms with Crippen molar-refractivity contribution >= 4 is 5.97 Å². The quantitative estimate of drug-likeness (QED) is 0.868. The van der Waals surface area contributed by atoms with E-state index in [2.05, 4.69) is 5.10 Å². The first-order chi connectivity index (χ1) is 10.6. The predicted octanol–water partition coefficient (Wildman–Crippen LogP) is 3.67. The largest absolute Gasteiger partial charge is 0.478 e. The minimum atomic E-state index is -4.55. The van der Waals surface area contributed by atoms with Gasteiger partial charge in [-0.15, -0.1) is 0 Å². The summed E-state index contributed by atoms with van der Waals surface area (Å²) in [6, 6.07) is 4.21. The number of hydrogen-bond donors (Lipinski definition) is 1. The molecule has 1 N–H and O–H groups in total. The Morgan fingerprint density at radius 1 is 1.35 bits per heavy atom. The van der Waals surface area contributed by atoms with Crippen LogP contribution in [0.3, 0.4) is 0 Å². The highest BCUT2D eigenvalue weighted by molar-refractivity contribution is 5.90. The van der Waals surface area contributed by atoms with Gasteiger partial charge in [0, 0.05) is 13.5 Å². The van der Waals surface area contributed by atoms with Gasteiger partial charge in [-0.2, -0.15) is 18.3 Å². The van der Waals surface area contributed by atoms with E-state index >= 15 is 0 Å².